The molecular weight excluding hydrogens is 336 g/mol. The summed E-state index contributed by atoms with van der Waals surface area (Å²) < 4.78 is 5.25. The molecule has 1 fully saturated rings. The molecule has 2 atom stereocenters. The predicted molar refractivity (Wildman–Crippen MR) is 113 cm³/mol. The zero-order valence-corrected chi connectivity index (χ0v) is 17.0. The van der Waals surface area contributed by atoms with E-state index in [2.05, 4.69) is 53.2 Å². The van der Waals surface area contributed by atoms with E-state index >= 15 is 0 Å². The van der Waals surface area contributed by atoms with Gasteiger partial charge in [-0.05, 0) is 43.4 Å². The topological polar surface area (TPSA) is 40.1 Å². The number of rotatable bonds is 7. The summed E-state index contributed by atoms with van der Waals surface area (Å²) in [4.78, 5) is 9.93. The Morgan fingerprint density at radius 3 is 2.67 bits per heavy atom. The van der Waals surface area contributed by atoms with E-state index < -0.39 is 0 Å². The minimum Gasteiger partial charge on any atom is -0.497 e. The lowest BCUT2D eigenvalue weighted by Gasteiger charge is -2.25. The number of nitrogens with zero attached hydrogens (tertiary/aromatic N) is 3. The standard InChI is InChI=1S/C22H34N4O/c1-4-23-22(26-16-12-20(17-26)25-14-5-6-15-25)24-13-11-18(2)19-7-9-21(27-3)10-8-19/h5-10,18,20H,4,11-17H2,1-3H3,(H,23,24). The third-order valence-electron chi connectivity index (χ3n) is 5.67. The predicted octanol–water partition coefficient (Wildman–Crippen LogP) is 3.10. The molecule has 2 unspecified atom stereocenters. The zero-order valence-electron chi connectivity index (χ0n) is 17.0. The molecule has 5 nitrogen and oxygen atoms in total. The van der Waals surface area contributed by atoms with Gasteiger partial charge < -0.3 is 15.0 Å². The molecule has 1 N–H and O–H groups in total. The van der Waals surface area contributed by atoms with Crippen molar-refractivity contribution in [2.75, 3.05) is 46.4 Å². The van der Waals surface area contributed by atoms with Crippen molar-refractivity contribution in [1.82, 2.24) is 15.1 Å². The van der Waals surface area contributed by atoms with E-state index in [9.17, 15) is 0 Å². The molecule has 27 heavy (non-hydrogen) atoms. The van der Waals surface area contributed by atoms with Crippen molar-refractivity contribution in [3.8, 4) is 5.75 Å². The molecule has 2 aliphatic heterocycles. The van der Waals surface area contributed by atoms with Gasteiger partial charge in [-0.2, -0.15) is 0 Å². The summed E-state index contributed by atoms with van der Waals surface area (Å²) in [5.41, 5.74) is 1.35. The van der Waals surface area contributed by atoms with Crippen LogP contribution in [0.1, 0.15) is 38.2 Å². The molecule has 0 aliphatic carbocycles. The Hall–Kier alpha value is -2.01. The van der Waals surface area contributed by atoms with Gasteiger partial charge >= 0.3 is 0 Å². The Labute approximate surface area is 164 Å². The Bertz CT molecular complexity index is 632. The van der Waals surface area contributed by atoms with Crippen molar-refractivity contribution in [2.24, 2.45) is 4.99 Å². The Balaban J connectivity index is 1.52. The van der Waals surface area contributed by atoms with E-state index in [0.717, 1.165) is 57.4 Å². The van der Waals surface area contributed by atoms with Crippen LogP contribution in [-0.2, 0) is 0 Å². The fraction of sp³-hybridized carbons (Fsp3) is 0.591. The summed E-state index contributed by atoms with van der Waals surface area (Å²) in [6.07, 6.45) is 6.84. The third-order valence-corrected chi connectivity index (χ3v) is 5.67. The molecule has 3 rings (SSSR count). The van der Waals surface area contributed by atoms with Gasteiger partial charge in [0.2, 0.25) is 0 Å². The van der Waals surface area contributed by atoms with E-state index in [0.29, 0.717) is 12.0 Å². The SMILES string of the molecule is CCNC(=NCCC(C)c1ccc(OC)cc1)N1CCC(N2CC=CC2)C1. The lowest BCUT2D eigenvalue weighted by Crippen LogP contribution is -2.42. The van der Waals surface area contributed by atoms with Gasteiger partial charge in [-0.25, -0.2) is 0 Å². The number of benzene rings is 1. The summed E-state index contributed by atoms with van der Waals surface area (Å²) >= 11 is 0. The second kappa shape index (κ2) is 9.79. The molecule has 1 aromatic rings. The quantitative estimate of drug-likeness (QED) is 0.455. The second-order valence-electron chi connectivity index (χ2n) is 7.51. The monoisotopic (exact) mass is 370 g/mol. The highest BCUT2D eigenvalue weighted by molar-refractivity contribution is 5.80. The van der Waals surface area contributed by atoms with E-state index in [-0.39, 0.29) is 0 Å². The van der Waals surface area contributed by atoms with E-state index in [1.165, 1.54) is 12.0 Å². The highest BCUT2D eigenvalue weighted by Crippen LogP contribution is 2.22. The Kier molecular flexibility index (Phi) is 7.16. The van der Waals surface area contributed by atoms with Gasteiger partial charge in [-0.3, -0.25) is 9.89 Å². The van der Waals surface area contributed by atoms with E-state index in [1.54, 1.807) is 7.11 Å². The lowest BCUT2D eigenvalue weighted by molar-refractivity contribution is 0.259. The fourth-order valence-electron chi connectivity index (χ4n) is 3.91. The first-order chi connectivity index (χ1) is 13.2. The average molecular weight is 371 g/mol. The van der Waals surface area contributed by atoms with Gasteiger partial charge in [0.25, 0.3) is 0 Å². The number of hydrogen-bond donors (Lipinski definition) is 1. The summed E-state index contributed by atoms with van der Waals surface area (Å²) in [5.74, 6) is 2.48. The second-order valence-corrected chi connectivity index (χ2v) is 7.51. The molecule has 0 bridgehead atoms. The lowest BCUT2D eigenvalue weighted by atomic mass is 9.98. The molecule has 2 heterocycles. The van der Waals surface area contributed by atoms with E-state index in [1.807, 2.05) is 12.1 Å². The van der Waals surface area contributed by atoms with Crippen LogP contribution in [0.2, 0.25) is 0 Å². The number of nitrogens with one attached hydrogen (secondary N) is 1. The molecule has 1 aromatic carbocycles. The van der Waals surface area contributed by atoms with Crippen LogP contribution >= 0.6 is 0 Å². The molecule has 0 saturated carbocycles. The number of guanidine groups is 1. The van der Waals surface area contributed by atoms with E-state index in [4.69, 9.17) is 9.73 Å². The van der Waals surface area contributed by atoms with Crippen LogP contribution in [-0.4, -0.2) is 68.2 Å². The van der Waals surface area contributed by atoms with Crippen LogP contribution in [0.5, 0.6) is 5.75 Å². The maximum atomic E-state index is 5.25. The molecule has 0 spiro atoms. The van der Waals surface area contributed by atoms with Gasteiger partial charge in [-0.1, -0.05) is 31.2 Å². The largest absolute Gasteiger partial charge is 0.497 e. The van der Waals surface area contributed by atoms with Crippen LogP contribution in [0.4, 0.5) is 0 Å². The maximum Gasteiger partial charge on any atom is 0.193 e. The number of ether oxygens (including phenoxy) is 1. The van der Waals surface area contributed by atoms with Gasteiger partial charge in [0.05, 0.1) is 7.11 Å². The molecule has 2 aliphatic rings. The first-order valence-electron chi connectivity index (χ1n) is 10.3. The summed E-state index contributed by atoms with van der Waals surface area (Å²) in [6, 6.07) is 9.05. The third kappa shape index (κ3) is 5.25. The van der Waals surface area contributed by atoms with Crippen molar-refractivity contribution in [3.63, 3.8) is 0 Å². The van der Waals surface area contributed by atoms with Gasteiger partial charge in [0, 0.05) is 45.3 Å². The first kappa shape index (κ1) is 19.7. The van der Waals surface area contributed by atoms with Crippen LogP contribution in [0.3, 0.4) is 0 Å². The summed E-state index contributed by atoms with van der Waals surface area (Å²) in [6.45, 7) is 10.6. The average Bonchev–Trinajstić information content (AvgIpc) is 3.39. The number of likely N-dealkylation sites (tertiary alicyclic amines) is 1. The molecular formula is C22H34N4O. The fourth-order valence-corrected chi connectivity index (χ4v) is 3.91. The zero-order chi connectivity index (χ0) is 19.1. The van der Waals surface area contributed by atoms with Crippen molar-refractivity contribution in [3.05, 3.63) is 42.0 Å². The maximum absolute atomic E-state index is 5.25. The molecule has 5 heteroatoms. The minimum absolute atomic E-state index is 0.490. The first-order valence-corrected chi connectivity index (χ1v) is 10.3. The smallest absolute Gasteiger partial charge is 0.193 e. The van der Waals surface area contributed by atoms with Gasteiger partial charge in [0.1, 0.15) is 5.75 Å². The molecule has 1 saturated heterocycles. The Morgan fingerprint density at radius 2 is 2.00 bits per heavy atom. The van der Waals surface area contributed by atoms with Crippen LogP contribution in [0, 0.1) is 0 Å². The van der Waals surface area contributed by atoms with Gasteiger partial charge in [-0.15, -0.1) is 0 Å². The van der Waals surface area contributed by atoms with Gasteiger partial charge in [0.15, 0.2) is 5.96 Å². The number of aliphatic imine (C=N–C) groups is 1. The summed E-state index contributed by atoms with van der Waals surface area (Å²) in [5, 5.41) is 3.49. The van der Waals surface area contributed by atoms with Crippen molar-refractivity contribution in [1.29, 1.82) is 0 Å². The van der Waals surface area contributed by atoms with Crippen molar-refractivity contribution < 1.29 is 4.74 Å². The highest BCUT2D eigenvalue weighted by Gasteiger charge is 2.29. The summed E-state index contributed by atoms with van der Waals surface area (Å²) in [7, 11) is 1.71. The van der Waals surface area contributed by atoms with Crippen LogP contribution in [0.15, 0.2) is 41.4 Å². The van der Waals surface area contributed by atoms with Crippen molar-refractivity contribution >= 4 is 5.96 Å². The van der Waals surface area contributed by atoms with Crippen LogP contribution in [0.25, 0.3) is 0 Å². The highest BCUT2D eigenvalue weighted by atomic mass is 16.5. The normalized spacial score (nSPS) is 21.7. The molecule has 0 radical (unpaired) electrons. The molecule has 0 amide bonds. The molecule has 148 valence electrons. The number of hydrogen-bond acceptors (Lipinski definition) is 3. The number of methoxy groups -OCH3 is 1. The molecule has 0 aromatic heterocycles. The van der Waals surface area contributed by atoms with Crippen LogP contribution < -0.4 is 10.1 Å². The minimum atomic E-state index is 0.490. The Morgan fingerprint density at radius 1 is 1.26 bits per heavy atom. The van der Waals surface area contributed by atoms with Crippen molar-refractivity contribution in [2.45, 2.75) is 38.6 Å².